The molecule has 2 aromatic rings. The van der Waals surface area contributed by atoms with Crippen LogP contribution in [0.3, 0.4) is 0 Å². The van der Waals surface area contributed by atoms with E-state index in [1.165, 1.54) is 30.3 Å². The number of carbonyl (C=O) groups excluding carboxylic acids is 1. The molecule has 0 spiro atoms. The largest absolute Gasteiger partial charge is 0.457 e. The third-order valence-corrected chi connectivity index (χ3v) is 5.11. The summed E-state index contributed by atoms with van der Waals surface area (Å²) in [7, 11) is -3.30. The maximum Gasteiger partial charge on any atom is 0.339 e. The van der Waals surface area contributed by atoms with Crippen LogP contribution in [-0.4, -0.2) is 27.2 Å². The SMILES string of the molecule is CS(=O)(=O)c1ccc(C2=C(c3ccc(F)c(Cl)c3)C(=O)OC2)cc1. The number of hydrogen-bond acceptors (Lipinski definition) is 4. The Balaban J connectivity index is 2.11. The molecule has 0 bridgehead atoms. The van der Waals surface area contributed by atoms with Gasteiger partial charge in [-0.25, -0.2) is 17.6 Å². The Morgan fingerprint density at radius 3 is 2.29 bits per heavy atom. The summed E-state index contributed by atoms with van der Waals surface area (Å²) < 4.78 is 41.5. The van der Waals surface area contributed by atoms with Crippen molar-refractivity contribution in [1.29, 1.82) is 0 Å². The second-order valence-electron chi connectivity index (χ2n) is 5.36. The molecule has 0 radical (unpaired) electrons. The molecular formula is C17H12ClFO4S. The van der Waals surface area contributed by atoms with Gasteiger partial charge in [-0.1, -0.05) is 29.8 Å². The number of cyclic esters (lactones) is 1. The van der Waals surface area contributed by atoms with Crippen LogP contribution >= 0.6 is 11.6 Å². The molecule has 2 aromatic carbocycles. The van der Waals surface area contributed by atoms with Crippen molar-refractivity contribution < 1.29 is 22.3 Å². The second kappa shape index (κ2) is 6.03. The van der Waals surface area contributed by atoms with Gasteiger partial charge in [0, 0.05) is 11.8 Å². The minimum atomic E-state index is -3.30. The molecule has 0 aliphatic carbocycles. The van der Waals surface area contributed by atoms with E-state index in [4.69, 9.17) is 16.3 Å². The second-order valence-corrected chi connectivity index (χ2v) is 7.78. The van der Waals surface area contributed by atoms with Crippen molar-refractivity contribution >= 4 is 38.6 Å². The van der Waals surface area contributed by atoms with Gasteiger partial charge in [-0.3, -0.25) is 0 Å². The molecule has 0 N–H and O–H groups in total. The highest BCUT2D eigenvalue weighted by Gasteiger charge is 2.27. The number of carbonyl (C=O) groups is 1. The number of benzene rings is 2. The summed E-state index contributed by atoms with van der Waals surface area (Å²) in [5.74, 6) is -1.11. The van der Waals surface area contributed by atoms with Crippen molar-refractivity contribution in [1.82, 2.24) is 0 Å². The van der Waals surface area contributed by atoms with Crippen LogP contribution in [0.1, 0.15) is 11.1 Å². The lowest BCUT2D eigenvalue weighted by molar-refractivity contribution is -0.133. The zero-order chi connectivity index (χ0) is 17.5. The lowest BCUT2D eigenvalue weighted by Crippen LogP contribution is -1.99. The average molecular weight is 367 g/mol. The average Bonchev–Trinajstić information content (AvgIpc) is 2.91. The summed E-state index contributed by atoms with van der Waals surface area (Å²) in [6, 6.07) is 10.2. The third-order valence-electron chi connectivity index (χ3n) is 3.69. The Bertz CT molecular complexity index is 963. The minimum Gasteiger partial charge on any atom is -0.457 e. The highest BCUT2D eigenvalue weighted by Crippen LogP contribution is 2.34. The predicted octanol–water partition coefficient (Wildman–Crippen LogP) is 3.35. The Labute approximate surface area is 143 Å². The Morgan fingerprint density at radius 2 is 1.71 bits per heavy atom. The van der Waals surface area contributed by atoms with Crippen LogP contribution in [0, 0.1) is 5.82 Å². The highest BCUT2D eigenvalue weighted by molar-refractivity contribution is 7.90. The summed E-state index contributed by atoms with van der Waals surface area (Å²) in [6.45, 7) is 0.0569. The molecule has 4 nitrogen and oxygen atoms in total. The van der Waals surface area contributed by atoms with E-state index in [1.54, 1.807) is 12.1 Å². The van der Waals surface area contributed by atoms with Gasteiger partial charge in [-0.05, 0) is 35.4 Å². The van der Waals surface area contributed by atoms with Gasteiger partial charge < -0.3 is 4.74 Å². The van der Waals surface area contributed by atoms with Crippen LogP contribution in [0.25, 0.3) is 11.1 Å². The van der Waals surface area contributed by atoms with E-state index in [1.807, 2.05) is 0 Å². The maximum absolute atomic E-state index is 13.3. The molecular weight excluding hydrogens is 355 g/mol. The number of ether oxygens (including phenoxy) is 1. The van der Waals surface area contributed by atoms with E-state index >= 15 is 0 Å². The van der Waals surface area contributed by atoms with Crippen molar-refractivity contribution in [3.8, 4) is 0 Å². The molecule has 1 aliphatic rings. The Morgan fingerprint density at radius 1 is 1.08 bits per heavy atom. The van der Waals surface area contributed by atoms with Crippen molar-refractivity contribution in [3.63, 3.8) is 0 Å². The lowest BCUT2D eigenvalue weighted by Gasteiger charge is -2.06. The Hall–Kier alpha value is -2.18. The summed E-state index contributed by atoms with van der Waals surface area (Å²) in [5.41, 5.74) is 2.00. The molecule has 0 saturated heterocycles. The van der Waals surface area contributed by atoms with E-state index in [2.05, 4.69) is 0 Å². The van der Waals surface area contributed by atoms with E-state index in [9.17, 15) is 17.6 Å². The first-order chi connectivity index (χ1) is 11.3. The quantitative estimate of drug-likeness (QED) is 0.781. The predicted molar refractivity (Wildman–Crippen MR) is 88.7 cm³/mol. The fraction of sp³-hybridized carbons (Fsp3) is 0.118. The van der Waals surface area contributed by atoms with E-state index in [0.717, 1.165) is 6.26 Å². The van der Waals surface area contributed by atoms with E-state index < -0.39 is 21.6 Å². The van der Waals surface area contributed by atoms with Gasteiger partial charge in [-0.15, -0.1) is 0 Å². The molecule has 24 heavy (non-hydrogen) atoms. The normalized spacial score (nSPS) is 14.9. The first-order valence-corrected chi connectivity index (χ1v) is 9.20. The smallest absolute Gasteiger partial charge is 0.339 e. The standard InChI is InChI=1S/C17H12ClFO4S/c1-24(21,22)12-5-2-10(3-6-12)13-9-23-17(20)16(13)11-4-7-15(19)14(18)8-11/h2-8H,9H2,1H3. The van der Waals surface area contributed by atoms with E-state index in [-0.39, 0.29) is 16.5 Å². The summed E-state index contributed by atoms with van der Waals surface area (Å²) in [6.07, 6.45) is 1.12. The van der Waals surface area contributed by atoms with Gasteiger partial charge in [0.1, 0.15) is 12.4 Å². The van der Waals surface area contributed by atoms with Crippen molar-refractivity contribution in [2.75, 3.05) is 12.9 Å². The molecule has 0 amide bonds. The molecule has 124 valence electrons. The van der Waals surface area contributed by atoms with Crippen molar-refractivity contribution in [2.24, 2.45) is 0 Å². The first-order valence-electron chi connectivity index (χ1n) is 6.93. The van der Waals surface area contributed by atoms with Crippen LogP contribution in [0.5, 0.6) is 0 Å². The van der Waals surface area contributed by atoms with Gasteiger partial charge >= 0.3 is 5.97 Å². The molecule has 0 atom stereocenters. The third kappa shape index (κ3) is 3.07. The van der Waals surface area contributed by atoms with Gasteiger partial charge in [0.2, 0.25) is 0 Å². The Kier molecular flexibility index (Phi) is 4.19. The number of rotatable bonds is 3. The number of sulfone groups is 1. The van der Waals surface area contributed by atoms with Crippen LogP contribution < -0.4 is 0 Å². The molecule has 7 heteroatoms. The fourth-order valence-electron chi connectivity index (χ4n) is 2.48. The zero-order valence-electron chi connectivity index (χ0n) is 12.5. The zero-order valence-corrected chi connectivity index (χ0v) is 14.1. The fourth-order valence-corrected chi connectivity index (χ4v) is 3.29. The lowest BCUT2D eigenvalue weighted by atomic mass is 9.97. The molecule has 0 saturated carbocycles. The maximum atomic E-state index is 13.3. The summed E-state index contributed by atoms with van der Waals surface area (Å²) in [5, 5.41) is -0.0912. The molecule has 0 unspecified atom stereocenters. The van der Waals surface area contributed by atoms with Crippen LogP contribution in [0.2, 0.25) is 5.02 Å². The first kappa shape index (κ1) is 16.7. The molecule has 0 aromatic heterocycles. The van der Waals surface area contributed by atoms with Gasteiger partial charge in [0.15, 0.2) is 9.84 Å². The molecule has 1 heterocycles. The molecule has 1 aliphatic heterocycles. The van der Waals surface area contributed by atoms with E-state index in [0.29, 0.717) is 22.3 Å². The number of halogens is 2. The van der Waals surface area contributed by atoms with Crippen LogP contribution in [-0.2, 0) is 19.4 Å². The minimum absolute atomic E-state index is 0.0569. The number of hydrogen-bond donors (Lipinski definition) is 0. The van der Waals surface area contributed by atoms with Crippen LogP contribution in [0.15, 0.2) is 47.4 Å². The van der Waals surface area contributed by atoms with Crippen LogP contribution in [0.4, 0.5) is 4.39 Å². The van der Waals surface area contributed by atoms with Crippen molar-refractivity contribution in [2.45, 2.75) is 4.90 Å². The van der Waals surface area contributed by atoms with Gasteiger partial charge in [0.25, 0.3) is 0 Å². The van der Waals surface area contributed by atoms with Crippen molar-refractivity contribution in [3.05, 3.63) is 64.4 Å². The topological polar surface area (TPSA) is 60.4 Å². The summed E-state index contributed by atoms with van der Waals surface area (Å²) in [4.78, 5) is 12.3. The highest BCUT2D eigenvalue weighted by atomic mass is 35.5. The molecule has 3 rings (SSSR count). The van der Waals surface area contributed by atoms with Gasteiger partial charge in [0.05, 0.1) is 15.5 Å². The monoisotopic (exact) mass is 366 g/mol. The molecule has 0 fully saturated rings. The number of esters is 1. The summed E-state index contributed by atoms with van der Waals surface area (Å²) >= 11 is 5.79. The van der Waals surface area contributed by atoms with Gasteiger partial charge in [-0.2, -0.15) is 0 Å².